The van der Waals surface area contributed by atoms with E-state index in [9.17, 15) is 9.90 Å². The van der Waals surface area contributed by atoms with Gasteiger partial charge in [-0.3, -0.25) is 4.99 Å². The van der Waals surface area contributed by atoms with Crippen LogP contribution in [0.4, 0.5) is 4.79 Å². The maximum atomic E-state index is 12.5. The average Bonchev–Trinajstić information content (AvgIpc) is 2.66. The molecule has 3 N–H and O–H groups in total. The molecule has 4 atom stereocenters. The van der Waals surface area contributed by atoms with E-state index in [4.69, 9.17) is 14.5 Å². The van der Waals surface area contributed by atoms with Gasteiger partial charge in [-0.1, -0.05) is 30.3 Å². The summed E-state index contributed by atoms with van der Waals surface area (Å²) < 4.78 is 10.8. The molecule has 1 aromatic carbocycles. The number of aliphatic hydroxyl groups is 1. The normalized spacial score (nSPS) is 23.3. The minimum Gasteiger partial charge on any atom is -0.444 e. The highest BCUT2D eigenvalue weighted by atomic mass is 16.6. The van der Waals surface area contributed by atoms with Gasteiger partial charge in [-0.05, 0) is 53.5 Å². The van der Waals surface area contributed by atoms with Crippen molar-refractivity contribution in [1.82, 2.24) is 10.6 Å². The van der Waals surface area contributed by atoms with Crippen LogP contribution in [0.2, 0.25) is 0 Å². The fourth-order valence-corrected chi connectivity index (χ4v) is 3.41. The molecule has 1 aliphatic heterocycles. The minimum absolute atomic E-state index is 0.0270. The van der Waals surface area contributed by atoms with Crippen LogP contribution in [0.15, 0.2) is 35.3 Å². The van der Waals surface area contributed by atoms with Gasteiger partial charge in [0.25, 0.3) is 0 Å². The third-order valence-electron chi connectivity index (χ3n) is 5.47. The van der Waals surface area contributed by atoms with Crippen LogP contribution in [-0.2, 0) is 9.47 Å². The summed E-state index contributed by atoms with van der Waals surface area (Å²) in [5, 5.41) is 16.7. The molecule has 0 spiro atoms. The van der Waals surface area contributed by atoms with Crippen LogP contribution >= 0.6 is 0 Å². The summed E-state index contributed by atoms with van der Waals surface area (Å²) in [5.74, 6) is 0.809. The Morgan fingerprint density at radius 3 is 2.43 bits per heavy atom. The number of aliphatic imine (C=N–C) groups is 1. The molecule has 1 heterocycles. The van der Waals surface area contributed by atoms with E-state index in [-0.39, 0.29) is 24.5 Å². The van der Waals surface area contributed by atoms with Crippen LogP contribution in [0.3, 0.4) is 0 Å². The summed E-state index contributed by atoms with van der Waals surface area (Å²) in [6.45, 7) is 11.5. The van der Waals surface area contributed by atoms with Crippen molar-refractivity contribution in [3.05, 3.63) is 35.9 Å². The number of amidine groups is 1. The number of hydrogen-bond acceptors (Lipinski definition) is 6. The quantitative estimate of drug-likeness (QED) is 0.658. The molecule has 0 radical (unpaired) electrons. The second-order valence-corrected chi connectivity index (χ2v) is 9.41. The number of benzene rings is 1. The van der Waals surface area contributed by atoms with Crippen molar-refractivity contribution >= 4 is 11.9 Å². The molecule has 0 aliphatic carbocycles. The third kappa shape index (κ3) is 6.71. The van der Waals surface area contributed by atoms with E-state index in [1.54, 1.807) is 7.11 Å². The van der Waals surface area contributed by atoms with Crippen LogP contribution in [0, 0.1) is 0 Å². The number of carbonyl (C=O) groups is 1. The SMILES string of the molecule is COC(C)(C)C(O)CNC1=N[C@@H](C)[C@H](c2ccccc2)C[C@@H]1NC(=O)OC(C)(C)C. The van der Waals surface area contributed by atoms with Crippen molar-refractivity contribution in [3.63, 3.8) is 0 Å². The second-order valence-electron chi connectivity index (χ2n) is 9.41. The first-order valence-electron chi connectivity index (χ1n) is 10.5. The van der Waals surface area contributed by atoms with Crippen LogP contribution in [0.5, 0.6) is 0 Å². The predicted octanol–water partition coefficient (Wildman–Crippen LogP) is 3.23. The van der Waals surface area contributed by atoms with Gasteiger partial charge in [0.1, 0.15) is 11.4 Å². The smallest absolute Gasteiger partial charge is 0.408 e. The predicted molar refractivity (Wildman–Crippen MR) is 119 cm³/mol. The molecule has 0 aromatic heterocycles. The summed E-state index contributed by atoms with van der Waals surface area (Å²) in [6.07, 6.45) is -0.546. The second kappa shape index (κ2) is 9.79. The van der Waals surface area contributed by atoms with Crippen molar-refractivity contribution in [2.24, 2.45) is 4.99 Å². The average molecular weight is 420 g/mol. The van der Waals surface area contributed by atoms with E-state index in [2.05, 4.69) is 29.7 Å². The monoisotopic (exact) mass is 419 g/mol. The van der Waals surface area contributed by atoms with Gasteiger partial charge in [-0.25, -0.2) is 4.79 Å². The number of nitrogens with zero attached hydrogens (tertiary/aromatic N) is 1. The number of hydrogen-bond donors (Lipinski definition) is 3. The first-order valence-corrected chi connectivity index (χ1v) is 10.5. The molecule has 0 bridgehead atoms. The fraction of sp³-hybridized carbons (Fsp3) is 0.652. The Morgan fingerprint density at radius 2 is 1.87 bits per heavy atom. The van der Waals surface area contributed by atoms with Crippen LogP contribution in [-0.4, -0.2) is 60.1 Å². The summed E-state index contributed by atoms with van der Waals surface area (Å²) in [5.41, 5.74) is -0.104. The van der Waals surface area contributed by atoms with Gasteiger partial charge >= 0.3 is 6.09 Å². The Balaban J connectivity index is 2.20. The van der Waals surface area contributed by atoms with E-state index in [1.165, 1.54) is 5.56 Å². The topological polar surface area (TPSA) is 92.2 Å². The molecular weight excluding hydrogens is 382 g/mol. The molecule has 30 heavy (non-hydrogen) atoms. The zero-order chi connectivity index (χ0) is 22.5. The van der Waals surface area contributed by atoms with E-state index in [0.29, 0.717) is 12.3 Å². The highest BCUT2D eigenvalue weighted by molar-refractivity contribution is 5.91. The molecule has 7 nitrogen and oxygen atoms in total. The lowest BCUT2D eigenvalue weighted by Crippen LogP contribution is -2.54. The number of nitrogens with one attached hydrogen (secondary N) is 2. The standard InChI is InChI=1S/C23H37N3O4/c1-15-17(16-11-9-8-10-12-16)13-18(26-21(28)30-22(2,3)4)20(25-15)24-14-19(27)23(5,6)29-7/h8-12,15,17-19,27H,13-14H2,1-7H3,(H,24,25)(H,26,28)/t15-,17+,18-,19?/m0/s1. The van der Waals surface area contributed by atoms with Gasteiger partial charge < -0.3 is 25.2 Å². The molecule has 0 saturated heterocycles. The van der Waals surface area contributed by atoms with Crippen LogP contribution in [0.1, 0.15) is 59.4 Å². The van der Waals surface area contributed by atoms with Crippen molar-refractivity contribution in [1.29, 1.82) is 0 Å². The van der Waals surface area contributed by atoms with Crippen LogP contribution in [0.25, 0.3) is 0 Å². The maximum absolute atomic E-state index is 12.5. The Bertz CT molecular complexity index is 728. The van der Waals surface area contributed by atoms with Gasteiger partial charge in [-0.15, -0.1) is 0 Å². The molecule has 0 saturated carbocycles. The summed E-state index contributed by atoms with van der Waals surface area (Å²) in [7, 11) is 1.57. The molecule has 2 rings (SSSR count). The first-order chi connectivity index (χ1) is 13.9. The summed E-state index contributed by atoms with van der Waals surface area (Å²) in [4.78, 5) is 17.3. The van der Waals surface area contributed by atoms with Crippen molar-refractivity contribution in [2.45, 2.75) is 83.3 Å². The van der Waals surface area contributed by atoms with Gasteiger partial charge in [0.05, 0.1) is 23.8 Å². The third-order valence-corrected chi connectivity index (χ3v) is 5.47. The molecule has 168 valence electrons. The molecule has 1 aromatic rings. The molecule has 0 fully saturated rings. The number of ether oxygens (including phenoxy) is 2. The van der Waals surface area contributed by atoms with Crippen molar-refractivity contribution in [2.75, 3.05) is 13.7 Å². The Hall–Kier alpha value is -2.12. The van der Waals surface area contributed by atoms with Gasteiger partial charge in [0.2, 0.25) is 0 Å². The molecular formula is C23H37N3O4. The van der Waals surface area contributed by atoms with E-state index < -0.39 is 23.4 Å². The number of methoxy groups -OCH3 is 1. The zero-order valence-corrected chi connectivity index (χ0v) is 19.2. The molecule has 1 unspecified atom stereocenters. The number of aliphatic hydroxyl groups excluding tert-OH is 1. The van der Waals surface area contributed by atoms with Gasteiger partial charge in [0.15, 0.2) is 0 Å². The van der Waals surface area contributed by atoms with E-state index in [0.717, 1.165) is 0 Å². The summed E-state index contributed by atoms with van der Waals surface area (Å²) in [6, 6.07) is 9.87. The number of amides is 1. The van der Waals surface area contributed by atoms with E-state index >= 15 is 0 Å². The van der Waals surface area contributed by atoms with Gasteiger partial charge in [0, 0.05) is 19.6 Å². The molecule has 1 amide bonds. The Morgan fingerprint density at radius 1 is 1.23 bits per heavy atom. The van der Waals surface area contributed by atoms with E-state index in [1.807, 2.05) is 52.8 Å². The lowest BCUT2D eigenvalue weighted by Gasteiger charge is -2.36. The fourth-order valence-electron chi connectivity index (χ4n) is 3.41. The highest BCUT2D eigenvalue weighted by Crippen LogP contribution is 2.31. The maximum Gasteiger partial charge on any atom is 0.408 e. The molecule has 1 aliphatic rings. The van der Waals surface area contributed by atoms with Crippen molar-refractivity contribution < 1.29 is 19.4 Å². The lowest BCUT2D eigenvalue weighted by atomic mass is 9.84. The Labute approximate surface area is 180 Å². The largest absolute Gasteiger partial charge is 0.444 e. The minimum atomic E-state index is -0.741. The summed E-state index contributed by atoms with van der Waals surface area (Å²) >= 11 is 0. The van der Waals surface area contributed by atoms with Crippen LogP contribution < -0.4 is 10.6 Å². The zero-order valence-electron chi connectivity index (χ0n) is 19.2. The highest BCUT2D eigenvalue weighted by Gasteiger charge is 2.35. The first kappa shape index (κ1) is 24.2. The number of rotatable bonds is 6. The lowest BCUT2D eigenvalue weighted by molar-refractivity contribution is -0.0742. The Kier molecular flexibility index (Phi) is 7.88. The number of carbonyl (C=O) groups excluding carboxylic acids is 1. The van der Waals surface area contributed by atoms with Gasteiger partial charge in [-0.2, -0.15) is 0 Å². The number of alkyl carbamates (subject to hydrolysis) is 1. The van der Waals surface area contributed by atoms with Crippen molar-refractivity contribution in [3.8, 4) is 0 Å². The molecule has 7 heteroatoms.